The Morgan fingerprint density at radius 2 is 2.10 bits per heavy atom. The number of fused-ring (bicyclic) bond motifs is 1. The lowest BCUT2D eigenvalue weighted by Crippen LogP contribution is -2.36. The molecule has 1 atom stereocenters. The third kappa shape index (κ3) is 4.62. The van der Waals surface area contributed by atoms with Crippen LogP contribution in [0, 0.1) is 5.82 Å². The van der Waals surface area contributed by atoms with Crippen LogP contribution >= 0.6 is 8.86 Å². The first-order valence-electron chi connectivity index (χ1n) is 10.2. The molecule has 31 heavy (non-hydrogen) atoms. The number of carbonyl (C=O) groups excluding carboxylic acids is 1. The fourth-order valence-electron chi connectivity index (χ4n) is 3.93. The molecule has 7 heteroatoms. The van der Waals surface area contributed by atoms with Gasteiger partial charge in [-0.05, 0) is 59.4 Å². The zero-order valence-corrected chi connectivity index (χ0v) is 18.4. The van der Waals surface area contributed by atoms with Gasteiger partial charge in [0, 0.05) is 24.2 Å². The molecule has 1 saturated heterocycles. The monoisotopic (exact) mass is 437 g/mol. The number of carbonyl (C=O) groups is 1. The minimum Gasteiger partial charge on any atom is -0.352 e. The molecule has 2 amide bonds. The molecule has 1 fully saturated rings. The quantitative estimate of drug-likeness (QED) is 0.513. The van der Waals surface area contributed by atoms with Crippen LogP contribution in [-0.2, 0) is 17.7 Å². The number of urea groups is 1. The second kappa shape index (κ2) is 9.15. The molecule has 160 valence electrons. The van der Waals surface area contributed by atoms with Gasteiger partial charge < -0.3 is 15.4 Å². The summed E-state index contributed by atoms with van der Waals surface area (Å²) in [5, 5.41) is 5.62. The van der Waals surface area contributed by atoms with Crippen LogP contribution in [0.3, 0.4) is 0 Å². The molecule has 2 aliphatic heterocycles. The number of hydrogen-bond donors (Lipinski definition) is 2. The zero-order chi connectivity index (χ0) is 22.0. The van der Waals surface area contributed by atoms with E-state index in [9.17, 15) is 9.18 Å². The summed E-state index contributed by atoms with van der Waals surface area (Å²) in [4.78, 5) is 13.6. The molecular weight excluding hydrogens is 412 g/mol. The van der Waals surface area contributed by atoms with Crippen molar-refractivity contribution in [3.05, 3.63) is 83.2 Å². The maximum Gasteiger partial charge on any atom is 0.319 e. The van der Waals surface area contributed by atoms with E-state index in [-0.39, 0.29) is 18.1 Å². The van der Waals surface area contributed by atoms with Gasteiger partial charge in [-0.1, -0.05) is 36.9 Å². The highest BCUT2D eigenvalue weighted by Crippen LogP contribution is 2.31. The summed E-state index contributed by atoms with van der Waals surface area (Å²) in [5.41, 5.74) is 6.72. The van der Waals surface area contributed by atoms with Crippen molar-refractivity contribution in [1.29, 1.82) is 0 Å². The number of benzene rings is 2. The Kier molecular flexibility index (Phi) is 6.33. The normalized spacial score (nSPS) is 19.0. The highest BCUT2D eigenvalue weighted by Gasteiger charge is 2.32. The average molecular weight is 437 g/mol. The first-order chi connectivity index (χ1) is 15.0. The van der Waals surface area contributed by atoms with Crippen molar-refractivity contribution in [2.45, 2.75) is 26.1 Å². The Labute approximate surface area is 183 Å². The molecule has 0 saturated carbocycles. The minimum absolute atomic E-state index is 0.171. The standard InChI is InChI=1S/C24H25FN3O2P/c1-3-20(15(2)17-5-7-19(25)8-6-17)23-28(22(31)14-30-23)11-10-16-4-9-21-18(12-16)13-26-24(29)27-21/h3-9,12,23,31H,2,10-11,13-14H2,1H3,(H2,26,27,29)/b20-3+. The predicted molar refractivity (Wildman–Crippen MR) is 125 cm³/mol. The Bertz CT molecular complexity index is 1060. The number of anilines is 1. The number of halogens is 1. The van der Waals surface area contributed by atoms with Crippen molar-refractivity contribution < 1.29 is 13.9 Å². The van der Waals surface area contributed by atoms with Crippen LogP contribution in [0.5, 0.6) is 0 Å². The van der Waals surface area contributed by atoms with Crippen molar-refractivity contribution in [1.82, 2.24) is 10.2 Å². The van der Waals surface area contributed by atoms with E-state index in [1.807, 2.05) is 25.1 Å². The number of hydrogen-bond acceptors (Lipinski definition) is 2. The van der Waals surface area contributed by atoms with Crippen LogP contribution in [0.4, 0.5) is 14.9 Å². The van der Waals surface area contributed by atoms with Gasteiger partial charge in [-0.3, -0.25) is 0 Å². The van der Waals surface area contributed by atoms with Gasteiger partial charge >= 0.3 is 6.03 Å². The van der Waals surface area contributed by atoms with Crippen LogP contribution in [0.2, 0.25) is 0 Å². The van der Waals surface area contributed by atoms with Gasteiger partial charge in [0.05, 0.1) is 6.61 Å². The van der Waals surface area contributed by atoms with Gasteiger partial charge in [0.25, 0.3) is 0 Å². The fourth-order valence-corrected chi connectivity index (χ4v) is 4.24. The molecule has 0 aliphatic carbocycles. The molecule has 5 nitrogen and oxygen atoms in total. The van der Waals surface area contributed by atoms with Crippen molar-refractivity contribution in [2.75, 3.05) is 18.5 Å². The van der Waals surface area contributed by atoms with Gasteiger partial charge in [-0.25, -0.2) is 14.1 Å². The molecule has 2 aromatic rings. The molecule has 2 aliphatic rings. The summed E-state index contributed by atoms with van der Waals surface area (Å²) in [7, 11) is 3.71. The molecule has 0 radical (unpaired) electrons. The molecule has 0 spiro atoms. The van der Waals surface area contributed by atoms with E-state index in [1.165, 1.54) is 17.7 Å². The van der Waals surface area contributed by atoms with Crippen molar-refractivity contribution in [3.63, 3.8) is 0 Å². The number of allylic oxidation sites excluding steroid dienone is 1. The van der Waals surface area contributed by atoms with Crippen molar-refractivity contribution >= 4 is 31.6 Å². The molecule has 0 aromatic heterocycles. The Morgan fingerprint density at radius 3 is 2.84 bits per heavy atom. The van der Waals surface area contributed by atoms with E-state index in [0.717, 1.165) is 46.3 Å². The third-order valence-corrected chi connectivity index (χ3v) is 6.06. The maximum atomic E-state index is 13.3. The van der Waals surface area contributed by atoms with E-state index < -0.39 is 0 Å². The first-order valence-corrected chi connectivity index (χ1v) is 10.7. The Balaban J connectivity index is 1.48. The second-order valence-electron chi connectivity index (χ2n) is 7.58. The van der Waals surface area contributed by atoms with Crippen LogP contribution in [0.25, 0.3) is 5.57 Å². The van der Waals surface area contributed by atoms with E-state index >= 15 is 0 Å². The van der Waals surface area contributed by atoms with Crippen LogP contribution in [-0.4, -0.2) is 35.7 Å². The highest BCUT2D eigenvalue weighted by molar-refractivity contribution is 7.21. The largest absolute Gasteiger partial charge is 0.352 e. The average Bonchev–Trinajstić information content (AvgIpc) is 3.13. The molecule has 1 unspecified atom stereocenters. The van der Waals surface area contributed by atoms with Crippen LogP contribution < -0.4 is 10.6 Å². The molecule has 0 bridgehead atoms. The van der Waals surface area contributed by atoms with Crippen molar-refractivity contribution in [3.8, 4) is 0 Å². The van der Waals surface area contributed by atoms with E-state index in [2.05, 4.69) is 37.0 Å². The lowest BCUT2D eigenvalue weighted by molar-refractivity contribution is 0.0714. The number of nitrogens with zero attached hydrogens (tertiary/aromatic N) is 1. The summed E-state index contributed by atoms with van der Waals surface area (Å²) in [6.07, 6.45) is 2.55. The molecule has 2 heterocycles. The molecule has 2 aromatic carbocycles. The molecule has 4 rings (SSSR count). The summed E-state index contributed by atoms with van der Waals surface area (Å²) >= 11 is 0. The fraction of sp³-hybridized carbons (Fsp3) is 0.250. The summed E-state index contributed by atoms with van der Waals surface area (Å²) in [6, 6.07) is 12.3. The minimum atomic E-state index is -0.270. The van der Waals surface area contributed by atoms with E-state index in [1.54, 1.807) is 12.1 Å². The number of rotatable bonds is 6. The Morgan fingerprint density at radius 1 is 1.32 bits per heavy atom. The first kappa shape index (κ1) is 21.4. The topological polar surface area (TPSA) is 53.6 Å². The number of amides is 2. The van der Waals surface area contributed by atoms with Gasteiger partial charge in [0.15, 0.2) is 0 Å². The lowest BCUT2D eigenvalue weighted by Gasteiger charge is -2.27. The predicted octanol–water partition coefficient (Wildman–Crippen LogP) is 4.59. The summed E-state index contributed by atoms with van der Waals surface area (Å²) < 4.78 is 19.4. The van der Waals surface area contributed by atoms with Gasteiger partial charge in [-0.15, -0.1) is 8.86 Å². The summed E-state index contributed by atoms with van der Waals surface area (Å²) in [6.45, 7) is 7.95. The smallest absolute Gasteiger partial charge is 0.319 e. The Hall–Kier alpha value is -2.79. The van der Waals surface area contributed by atoms with E-state index in [4.69, 9.17) is 4.74 Å². The molecule has 2 N–H and O–H groups in total. The SMILES string of the molecule is C=C(/C(=C\C)C1OCC(=P)N1CCc1ccc2c(c1)CNC(=O)N2)c1ccc(F)cc1. The maximum absolute atomic E-state index is 13.3. The zero-order valence-electron chi connectivity index (χ0n) is 17.4. The second-order valence-corrected chi connectivity index (χ2v) is 8.16. The van der Waals surface area contributed by atoms with Crippen LogP contribution in [0.1, 0.15) is 23.6 Å². The number of nitrogens with one attached hydrogen (secondary N) is 2. The highest BCUT2D eigenvalue weighted by atomic mass is 31.0. The number of ether oxygens (including phenoxy) is 1. The van der Waals surface area contributed by atoms with Crippen LogP contribution in [0.15, 0.2) is 60.7 Å². The lowest BCUT2D eigenvalue weighted by atomic mass is 9.97. The van der Waals surface area contributed by atoms with Gasteiger partial charge in [0.1, 0.15) is 12.0 Å². The van der Waals surface area contributed by atoms with E-state index in [0.29, 0.717) is 13.2 Å². The van der Waals surface area contributed by atoms with Crippen molar-refractivity contribution in [2.24, 2.45) is 0 Å². The summed E-state index contributed by atoms with van der Waals surface area (Å²) in [5.74, 6) is -0.270. The molecular formula is C24H25FN3O2P. The third-order valence-electron chi connectivity index (χ3n) is 5.62. The van der Waals surface area contributed by atoms with Gasteiger partial charge in [-0.2, -0.15) is 0 Å². The van der Waals surface area contributed by atoms with Gasteiger partial charge in [0.2, 0.25) is 0 Å².